The van der Waals surface area contributed by atoms with Crippen molar-refractivity contribution in [2.45, 2.75) is 18.2 Å². The number of alkyl halides is 1. The van der Waals surface area contributed by atoms with Crippen molar-refractivity contribution in [3.63, 3.8) is 0 Å². The minimum atomic E-state index is -0.755. The smallest absolute Gasteiger partial charge is 0.327 e. The fourth-order valence-corrected chi connectivity index (χ4v) is 0.846. The average Bonchev–Trinajstić information content (AvgIpc) is 2.07. The van der Waals surface area contributed by atoms with E-state index in [2.05, 4.69) is 15.9 Å². The summed E-state index contributed by atoms with van der Waals surface area (Å²) in [6.07, 6.45) is 0. The summed E-state index contributed by atoms with van der Waals surface area (Å²) in [6.45, 7) is 3.35. The maximum atomic E-state index is 11.4. The second-order valence-corrected chi connectivity index (χ2v) is 5.31. The van der Waals surface area contributed by atoms with Crippen LogP contribution in [0.25, 0.3) is 0 Å². The van der Waals surface area contributed by atoms with Gasteiger partial charge in [0.15, 0.2) is 11.5 Å². The van der Waals surface area contributed by atoms with Crippen molar-refractivity contribution in [3.05, 3.63) is 24.3 Å². The first-order valence-corrected chi connectivity index (χ1v) is 4.90. The monoisotopic (exact) mass is 258 g/mol. The van der Waals surface area contributed by atoms with Crippen molar-refractivity contribution < 1.29 is 14.6 Å². The molecule has 1 rings (SSSR count). The quantitative estimate of drug-likeness (QED) is 0.504. The van der Waals surface area contributed by atoms with Gasteiger partial charge in [0, 0.05) is 0 Å². The molecule has 0 aliphatic heterocycles. The number of esters is 1. The Morgan fingerprint density at radius 2 is 2.00 bits per heavy atom. The van der Waals surface area contributed by atoms with E-state index in [0.29, 0.717) is 0 Å². The van der Waals surface area contributed by atoms with E-state index in [0.717, 1.165) is 0 Å². The molecular formula is C10H11BrO3. The van der Waals surface area contributed by atoms with Crippen molar-refractivity contribution >= 4 is 21.9 Å². The second kappa shape index (κ2) is 4.00. The van der Waals surface area contributed by atoms with Gasteiger partial charge < -0.3 is 9.84 Å². The predicted octanol–water partition coefficient (Wildman–Crippen LogP) is 2.47. The summed E-state index contributed by atoms with van der Waals surface area (Å²) in [5.41, 5.74) is 0. The Balaban J connectivity index is 2.80. The fourth-order valence-electron chi connectivity index (χ4n) is 0.765. The number of hydrogen-bond donors (Lipinski definition) is 1. The van der Waals surface area contributed by atoms with Gasteiger partial charge in [-0.15, -0.1) is 0 Å². The van der Waals surface area contributed by atoms with Gasteiger partial charge in [-0.05, 0) is 26.0 Å². The van der Waals surface area contributed by atoms with Crippen LogP contribution in [0.15, 0.2) is 24.3 Å². The van der Waals surface area contributed by atoms with Crippen LogP contribution >= 0.6 is 15.9 Å². The molecule has 0 bridgehead atoms. The minimum Gasteiger partial charge on any atom is -0.504 e. The molecule has 0 amide bonds. The van der Waals surface area contributed by atoms with Gasteiger partial charge in [-0.3, -0.25) is 4.79 Å². The molecule has 0 unspecified atom stereocenters. The number of phenols is 1. The molecule has 0 atom stereocenters. The third-order valence-corrected chi connectivity index (χ3v) is 1.88. The van der Waals surface area contributed by atoms with E-state index in [9.17, 15) is 9.90 Å². The van der Waals surface area contributed by atoms with Gasteiger partial charge >= 0.3 is 5.97 Å². The van der Waals surface area contributed by atoms with Crippen molar-refractivity contribution in [2.75, 3.05) is 0 Å². The standard InChI is InChI=1S/C10H11BrO3/c1-10(2,11)9(13)14-8-6-4-3-5-7(8)12/h3-6,12H,1-2H3. The van der Waals surface area contributed by atoms with Crippen molar-refractivity contribution in [3.8, 4) is 11.5 Å². The van der Waals surface area contributed by atoms with Crippen LogP contribution in [-0.4, -0.2) is 15.4 Å². The number of carbonyl (C=O) groups excluding carboxylic acids is 1. The zero-order chi connectivity index (χ0) is 10.8. The largest absolute Gasteiger partial charge is 0.504 e. The van der Waals surface area contributed by atoms with Gasteiger partial charge in [0.2, 0.25) is 0 Å². The summed E-state index contributed by atoms with van der Waals surface area (Å²) in [5.74, 6) is -0.318. The molecule has 0 radical (unpaired) electrons. The first-order valence-electron chi connectivity index (χ1n) is 4.10. The molecule has 0 aliphatic rings. The molecule has 0 spiro atoms. The molecule has 0 heterocycles. The van der Waals surface area contributed by atoms with Crippen LogP contribution in [0.1, 0.15) is 13.8 Å². The highest BCUT2D eigenvalue weighted by Crippen LogP contribution is 2.27. The lowest BCUT2D eigenvalue weighted by atomic mass is 10.2. The number of aromatic hydroxyl groups is 1. The van der Waals surface area contributed by atoms with Crippen LogP contribution in [0.2, 0.25) is 0 Å². The average molecular weight is 259 g/mol. The molecule has 0 saturated carbocycles. The number of carbonyl (C=O) groups is 1. The van der Waals surface area contributed by atoms with Gasteiger partial charge in [-0.25, -0.2) is 0 Å². The number of benzene rings is 1. The van der Waals surface area contributed by atoms with Gasteiger partial charge in [0.1, 0.15) is 4.32 Å². The molecule has 3 nitrogen and oxygen atoms in total. The molecule has 0 aliphatic carbocycles. The van der Waals surface area contributed by atoms with Crippen LogP contribution in [0.3, 0.4) is 0 Å². The minimum absolute atomic E-state index is 0.0439. The van der Waals surface area contributed by atoms with E-state index < -0.39 is 10.3 Å². The molecule has 1 aromatic carbocycles. The summed E-state index contributed by atoms with van der Waals surface area (Å²) in [7, 11) is 0. The Kier molecular flexibility index (Phi) is 3.16. The summed E-state index contributed by atoms with van der Waals surface area (Å²) < 4.78 is 4.22. The van der Waals surface area contributed by atoms with Crippen molar-refractivity contribution in [1.82, 2.24) is 0 Å². The highest BCUT2D eigenvalue weighted by molar-refractivity contribution is 9.10. The number of phenolic OH excluding ortho intramolecular Hbond substituents is 1. The van der Waals surface area contributed by atoms with Crippen molar-refractivity contribution in [1.29, 1.82) is 0 Å². The zero-order valence-corrected chi connectivity index (χ0v) is 9.54. The summed E-state index contributed by atoms with van der Waals surface area (Å²) in [4.78, 5) is 11.4. The maximum Gasteiger partial charge on any atom is 0.327 e. The van der Waals surface area contributed by atoms with Crippen LogP contribution in [-0.2, 0) is 4.79 Å². The Morgan fingerprint density at radius 3 is 2.50 bits per heavy atom. The lowest BCUT2D eigenvalue weighted by molar-refractivity contribution is -0.136. The molecular weight excluding hydrogens is 248 g/mol. The van der Waals surface area contributed by atoms with Crippen LogP contribution in [0.5, 0.6) is 11.5 Å². The summed E-state index contributed by atoms with van der Waals surface area (Å²) in [5, 5.41) is 9.33. The summed E-state index contributed by atoms with van der Waals surface area (Å²) in [6, 6.07) is 6.34. The first kappa shape index (κ1) is 11.0. The molecule has 76 valence electrons. The molecule has 0 saturated heterocycles. The second-order valence-electron chi connectivity index (χ2n) is 3.33. The predicted molar refractivity (Wildman–Crippen MR) is 56.7 cm³/mol. The number of halogens is 1. The van der Waals surface area contributed by atoms with Crippen LogP contribution < -0.4 is 4.74 Å². The zero-order valence-electron chi connectivity index (χ0n) is 7.95. The highest BCUT2D eigenvalue weighted by Gasteiger charge is 2.26. The lowest BCUT2D eigenvalue weighted by Crippen LogP contribution is -2.29. The molecule has 4 heteroatoms. The highest BCUT2D eigenvalue weighted by atomic mass is 79.9. The lowest BCUT2D eigenvalue weighted by Gasteiger charge is -2.14. The van der Waals surface area contributed by atoms with Crippen LogP contribution in [0.4, 0.5) is 0 Å². The van der Waals surface area contributed by atoms with E-state index in [-0.39, 0.29) is 11.5 Å². The van der Waals surface area contributed by atoms with E-state index in [1.165, 1.54) is 12.1 Å². The van der Waals surface area contributed by atoms with Gasteiger partial charge in [-0.2, -0.15) is 0 Å². The number of para-hydroxylation sites is 2. The van der Waals surface area contributed by atoms with E-state index in [1.807, 2.05) is 0 Å². The Hall–Kier alpha value is -1.03. The molecule has 1 N–H and O–H groups in total. The number of ether oxygens (including phenoxy) is 1. The molecule has 0 aromatic heterocycles. The Labute approximate surface area is 90.8 Å². The normalized spacial score (nSPS) is 11.1. The van der Waals surface area contributed by atoms with Gasteiger partial charge in [0.05, 0.1) is 0 Å². The third-order valence-electron chi connectivity index (χ3n) is 1.55. The van der Waals surface area contributed by atoms with E-state index in [4.69, 9.17) is 4.74 Å². The Bertz CT molecular complexity index is 341. The Morgan fingerprint density at radius 1 is 1.43 bits per heavy atom. The van der Waals surface area contributed by atoms with E-state index >= 15 is 0 Å². The number of hydrogen-bond acceptors (Lipinski definition) is 3. The van der Waals surface area contributed by atoms with Crippen molar-refractivity contribution in [2.24, 2.45) is 0 Å². The maximum absolute atomic E-state index is 11.4. The van der Waals surface area contributed by atoms with E-state index in [1.54, 1.807) is 26.0 Å². The summed E-state index contributed by atoms with van der Waals surface area (Å²) >= 11 is 3.17. The van der Waals surface area contributed by atoms with Gasteiger partial charge in [-0.1, -0.05) is 28.1 Å². The SMILES string of the molecule is CC(C)(Br)C(=O)Oc1ccccc1O. The van der Waals surface area contributed by atoms with Gasteiger partial charge in [0.25, 0.3) is 0 Å². The first-order chi connectivity index (χ1) is 6.41. The molecule has 14 heavy (non-hydrogen) atoms. The van der Waals surface area contributed by atoms with Crippen LogP contribution in [0, 0.1) is 0 Å². The topological polar surface area (TPSA) is 46.5 Å². The molecule has 0 fully saturated rings. The number of rotatable bonds is 2. The third kappa shape index (κ3) is 2.73. The molecule has 1 aromatic rings. The fraction of sp³-hybridized carbons (Fsp3) is 0.300.